The number of benzene rings is 4. The number of nitrogens with zero attached hydrogens (tertiary/aromatic N) is 1. The van der Waals surface area contributed by atoms with Gasteiger partial charge >= 0.3 is 5.97 Å². The van der Waals surface area contributed by atoms with E-state index in [1.165, 1.54) is 0 Å². The molecule has 4 aromatic rings. The fraction of sp³-hybridized carbons (Fsp3) is 0.0357. The summed E-state index contributed by atoms with van der Waals surface area (Å²) in [5, 5.41) is 4.52. The summed E-state index contributed by atoms with van der Waals surface area (Å²) >= 11 is 6.20. The van der Waals surface area contributed by atoms with Crippen LogP contribution in [-0.2, 0) is 9.59 Å². The number of nitrogens with one attached hydrogen (secondary N) is 1. The molecule has 0 fully saturated rings. The lowest BCUT2D eigenvalue weighted by Crippen LogP contribution is -2.32. The molecule has 35 heavy (non-hydrogen) atoms. The first-order valence-corrected chi connectivity index (χ1v) is 11.2. The minimum atomic E-state index is -0.599. The van der Waals surface area contributed by atoms with Gasteiger partial charge in [-0.05, 0) is 54.8 Å². The zero-order valence-corrected chi connectivity index (χ0v) is 19.4. The Bertz CT molecular complexity index is 1500. The van der Waals surface area contributed by atoms with Crippen molar-refractivity contribution in [2.75, 3.05) is 10.2 Å². The molecule has 0 radical (unpaired) electrons. The third-order valence-electron chi connectivity index (χ3n) is 5.66. The molecule has 1 aliphatic rings. The van der Waals surface area contributed by atoms with Crippen LogP contribution in [-0.4, -0.2) is 17.8 Å². The van der Waals surface area contributed by atoms with Gasteiger partial charge in [0.1, 0.15) is 16.5 Å². The highest BCUT2D eigenvalue weighted by Crippen LogP contribution is 2.31. The maximum atomic E-state index is 12.9. The van der Waals surface area contributed by atoms with Crippen molar-refractivity contribution in [2.24, 2.45) is 0 Å². The average Bonchev–Trinajstić information content (AvgIpc) is 3.08. The number of carbonyl (C=O) groups is 3. The van der Waals surface area contributed by atoms with Crippen molar-refractivity contribution in [3.63, 3.8) is 0 Å². The maximum Gasteiger partial charge on any atom is 0.343 e. The van der Waals surface area contributed by atoms with E-state index in [1.807, 2.05) is 55.5 Å². The second-order valence-corrected chi connectivity index (χ2v) is 8.42. The highest BCUT2D eigenvalue weighted by Gasteiger charge is 2.38. The summed E-state index contributed by atoms with van der Waals surface area (Å²) in [5.41, 5.74) is 2.24. The van der Waals surface area contributed by atoms with Crippen LogP contribution < -0.4 is 15.0 Å². The molecule has 5 rings (SSSR count). The predicted molar refractivity (Wildman–Crippen MR) is 136 cm³/mol. The average molecular weight is 483 g/mol. The fourth-order valence-corrected chi connectivity index (χ4v) is 4.03. The van der Waals surface area contributed by atoms with Crippen molar-refractivity contribution in [3.8, 4) is 5.75 Å². The zero-order chi connectivity index (χ0) is 24.5. The molecule has 4 aromatic carbocycles. The van der Waals surface area contributed by atoms with Gasteiger partial charge in [0, 0.05) is 11.1 Å². The van der Waals surface area contributed by atoms with Gasteiger partial charge in [0.2, 0.25) is 0 Å². The molecule has 1 heterocycles. The number of halogens is 1. The van der Waals surface area contributed by atoms with Crippen LogP contribution in [0.5, 0.6) is 5.75 Å². The van der Waals surface area contributed by atoms with E-state index in [2.05, 4.69) is 5.32 Å². The molecule has 0 saturated carbocycles. The van der Waals surface area contributed by atoms with Gasteiger partial charge in [-0.1, -0.05) is 65.7 Å². The molecule has 1 aliphatic heterocycles. The molecule has 0 aromatic heterocycles. The largest absolute Gasteiger partial charge is 0.422 e. The number of aryl methyl sites for hydroxylation is 1. The summed E-state index contributed by atoms with van der Waals surface area (Å²) in [6.45, 7) is 1.91. The monoisotopic (exact) mass is 482 g/mol. The van der Waals surface area contributed by atoms with Crippen LogP contribution in [0.2, 0.25) is 0 Å². The molecule has 6 nitrogen and oxygen atoms in total. The molecule has 0 atom stereocenters. The molecule has 0 bridgehead atoms. The summed E-state index contributed by atoms with van der Waals surface area (Å²) in [5.74, 6) is -1.19. The second kappa shape index (κ2) is 9.08. The first kappa shape index (κ1) is 22.4. The van der Waals surface area contributed by atoms with Gasteiger partial charge in [-0.2, -0.15) is 0 Å². The molecule has 7 heteroatoms. The number of hydrogen-bond donors (Lipinski definition) is 1. The van der Waals surface area contributed by atoms with Crippen LogP contribution >= 0.6 is 11.6 Å². The summed E-state index contributed by atoms with van der Waals surface area (Å²) in [7, 11) is 0. The van der Waals surface area contributed by atoms with E-state index >= 15 is 0 Å². The van der Waals surface area contributed by atoms with E-state index in [0.29, 0.717) is 22.7 Å². The summed E-state index contributed by atoms with van der Waals surface area (Å²) < 4.78 is 5.61. The van der Waals surface area contributed by atoms with E-state index in [9.17, 15) is 14.4 Å². The Kier molecular flexibility index (Phi) is 5.81. The lowest BCUT2D eigenvalue weighted by atomic mass is 10.1. The van der Waals surface area contributed by atoms with Gasteiger partial charge in [0.05, 0.1) is 11.3 Å². The minimum Gasteiger partial charge on any atom is -0.422 e. The number of imide groups is 1. The molecular formula is C28H19ClN2O4. The van der Waals surface area contributed by atoms with Crippen LogP contribution in [0.4, 0.5) is 11.4 Å². The van der Waals surface area contributed by atoms with Crippen LogP contribution in [0.15, 0.2) is 102 Å². The van der Waals surface area contributed by atoms with Crippen molar-refractivity contribution in [1.82, 2.24) is 0 Å². The Labute approximate surface area is 206 Å². The smallest absolute Gasteiger partial charge is 0.343 e. The normalized spacial score (nSPS) is 13.5. The second-order valence-electron chi connectivity index (χ2n) is 8.04. The van der Waals surface area contributed by atoms with Crippen LogP contribution in [0.3, 0.4) is 0 Å². The third kappa shape index (κ3) is 4.27. The lowest BCUT2D eigenvalue weighted by molar-refractivity contribution is -0.120. The molecule has 172 valence electrons. The number of esters is 1. The van der Waals surface area contributed by atoms with Gasteiger partial charge < -0.3 is 10.1 Å². The number of carbonyl (C=O) groups excluding carboxylic acids is 3. The number of rotatable bonds is 5. The Balaban J connectivity index is 1.31. The quantitative estimate of drug-likeness (QED) is 0.221. The molecule has 2 amide bonds. The summed E-state index contributed by atoms with van der Waals surface area (Å²) in [6.07, 6.45) is 0. The van der Waals surface area contributed by atoms with Gasteiger partial charge in [0.25, 0.3) is 11.8 Å². The standard InChI is InChI=1S/C28H19ClN2O4/c1-17-9-15-21(16-10-17)31-26(32)24(29)25(27(31)33)30-20-13-11-19(12-14-20)28(34)35-23-8-4-6-18-5-2-3-7-22(18)23/h2-16,30H,1H3. The Hall–Kier alpha value is -4.42. The first-order valence-electron chi connectivity index (χ1n) is 10.8. The molecule has 0 aliphatic carbocycles. The molecule has 1 N–H and O–H groups in total. The Morgan fingerprint density at radius 2 is 1.51 bits per heavy atom. The van der Waals surface area contributed by atoms with Crippen LogP contribution in [0.1, 0.15) is 15.9 Å². The third-order valence-corrected chi connectivity index (χ3v) is 6.01. The number of fused-ring (bicyclic) bond motifs is 1. The highest BCUT2D eigenvalue weighted by atomic mass is 35.5. The maximum absolute atomic E-state index is 12.9. The zero-order valence-electron chi connectivity index (χ0n) is 18.6. The molecule has 0 unspecified atom stereocenters. The summed E-state index contributed by atoms with van der Waals surface area (Å²) in [6, 6.07) is 26.5. The summed E-state index contributed by atoms with van der Waals surface area (Å²) in [4.78, 5) is 39.3. The van der Waals surface area contributed by atoms with E-state index < -0.39 is 17.8 Å². The highest BCUT2D eigenvalue weighted by molar-refractivity contribution is 6.53. The number of anilines is 2. The molecule has 0 saturated heterocycles. The van der Waals surface area contributed by atoms with Gasteiger partial charge in [-0.25, -0.2) is 9.69 Å². The van der Waals surface area contributed by atoms with E-state index in [-0.39, 0.29) is 10.7 Å². The van der Waals surface area contributed by atoms with Crippen LogP contribution in [0, 0.1) is 6.92 Å². The lowest BCUT2D eigenvalue weighted by Gasteiger charge is -2.15. The number of hydrogen-bond acceptors (Lipinski definition) is 5. The minimum absolute atomic E-state index is 0.0247. The fourth-order valence-electron chi connectivity index (χ4n) is 3.82. The number of amides is 2. The van der Waals surface area contributed by atoms with E-state index in [4.69, 9.17) is 16.3 Å². The molecular weight excluding hydrogens is 464 g/mol. The van der Waals surface area contributed by atoms with Crippen molar-refractivity contribution in [1.29, 1.82) is 0 Å². The van der Waals surface area contributed by atoms with Crippen molar-refractivity contribution in [3.05, 3.63) is 113 Å². The van der Waals surface area contributed by atoms with Crippen molar-refractivity contribution in [2.45, 2.75) is 6.92 Å². The van der Waals surface area contributed by atoms with Gasteiger partial charge in [-0.3, -0.25) is 9.59 Å². The molecule has 0 spiro atoms. The number of ether oxygens (including phenoxy) is 1. The van der Waals surface area contributed by atoms with Crippen molar-refractivity contribution < 1.29 is 19.1 Å². The van der Waals surface area contributed by atoms with Crippen LogP contribution in [0.25, 0.3) is 10.8 Å². The SMILES string of the molecule is Cc1ccc(N2C(=O)C(Cl)=C(Nc3ccc(C(=O)Oc4cccc5ccccc45)cc3)C2=O)cc1. The van der Waals surface area contributed by atoms with E-state index in [0.717, 1.165) is 21.2 Å². The van der Waals surface area contributed by atoms with E-state index in [1.54, 1.807) is 42.5 Å². The van der Waals surface area contributed by atoms with Gasteiger partial charge in [0.15, 0.2) is 0 Å². The predicted octanol–water partition coefficient (Wildman–Crippen LogP) is 5.80. The Morgan fingerprint density at radius 1 is 0.829 bits per heavy atom. The topological polar surface area (TPSA) is 75.7 Å². The van der Waals surface area contributed by atoms with Crippen molar-refractivity contribution >= 4 is 51.5 Å². The first-order chi connectivity index (χ1) is 16.9. The van der Waals surface area contributed by atoms with Gasteiger partial charge in [-0.15, -0.1) is 0 Å². The Morgan fingerprint density at radius 3 is 2.26 bits per heavy atom.